The minimum Gasteiger partial charge on any atom is -0.496 e. The van der Waals surface area contributed by atoms with Gasteiger partial charge in [-0.2, -0.15) is 0 Å². The summed E-state index contributed by atoms with van der Waals surface area (Å²) in [6.45, 7) is 1.68. The number of fused-ring (bicyclic) bond motifs is 1. The van der Waals surface area contributed by atoms with E-state index in [1.54, 1.807) is 55.5 Å². The molecule has 2 aromatic carbocycles. The molecule has 198 valence electrons. The Kier molecular flexibility index (Phi) is 6.98. The highest BCUT2D eigenvalue weighted by Gasteiger charge is 2.35. The number of esters is 1. The molecule has 4 aromatic rings. The van der Waals surface area contributed by atoms with Gasteiger partial charge in [0, 0.05) is 22.2 Å². The lowest BCUT2D eigenvalue weighted by atomic mass is 9.95. The topological polar surface area (TPSA) is 120 Å². The van der Waals surface area contributed by atoms with Crippen molar-refractivity contribution in [3.05, 3.63) is 107 Å². The third kappa shape index (κ3) is 4.80. The molecule has 0 bridgehead atoms. The fourth-order valence-electron chi connectivity index (χ4n) is 4.40. The number of ether oxygens (including phenoxy) is 2. The minimum atomic E-state index is -1.02. The first-order valence-electron chi connectivity index (χ1n) is 11.6. The van der Waals surface area contributed by atoms with Gasteiger partial charge in [0.2, 0.25) is 0 Å². The fraction of sp³-hybridized carbons (Fsp3) is 0.143. The average Bonchev–Trinajstić information content (AvgIpc) is 3.51. The summed E-state index contributed by atoms with van der Waals surface area (Å²) in [5, 5.41) is 9.52. The number of carboxylic acids is 1. The number of methoxy groups -OCH3 is 2. The Labute approximate surface area is 230 Å². The number of thiazole rings is 1. The van der Waals surface area contributed by atoms with Gasteiger partial charge in [0.1, 0.15) is 23.3 Å². The first-order valence-corrected chi connectivity index (χ1v) is 12.8. The third-order valence-corrected chi connectivity index (χ3v) is 7.45. The number of aromatic nitrogens is 1. The first-order chi connectivity index (χ1) is 18.7. The monoisotopic (exact) mass is 564 g/mol. The lowest BCUT2D eigenvalue weighted by Crippen LogP contribution is -2.40. The average molecular weight is 565 g/mol. The number of carbonyl (C=O) groups is 2. The molecule has 1 aliphatic rings. The van der Waals surface area contributed by atoms with Crippen molar-refractivity contribution in [3.63, 3.8) is 0 Å². The van der Waals surface area contributed by atoms with E-state index in [0.29, 0.717) is 48.5 Å². The number of allylic oxidation sites excluding steroid dienone is 1. The summed E-state index contributed by atoms with van der Waals surface area (Å²) in [5.74, 6) is -0.270. The Balaban J connectivity index is 1.64. The van der Waals surface area contributed by atoms with Crippen molar-refractivity contribution in [2.75, 3.05) is 14.2 Å². The van der Waals surface area contributed by atoms with Gasteiger partial charge in [-0.05, 0) is 49.4 Å². The van der Waals surface area contributed by atoms with Crippen LogP contribution in [0.3, 0.4) is 0 Å². The van der Waals surface area contributed by atoms with E-state index < -0.39 is 18.0 Å². The highest BCUT2D eigenvalue weighted by atomic mass is 35.5. The van der Waals surface area contributed by atoms with Crippen LogP contribution in [0.25, 0.3) is 17.4 Å². The molecule has 0 unspecified atom stereocenters. The zero-order chi connectivity index (χ0) is 27.8. The summed E-state index contributed by atoms with van der Waals surface area (Å²) in [7, 11) is 2.76. The van der Waals surface area contributed by atoms with E-state index in [9.17, 15) is 14.4 Å². The van der Waals surface area contributed by atoms with Crippen molar-refractivity contribution < 1.29 is 28.6 Å². The van der Waals surface area contributed by atoms with Crippen molar-refractivity contribution >= 4 is 41.0 Å². The maximum absolute atomic E-state index is 13.8. The summed E-state index contributed by atoms with van der Waals surface area (Å²) in [4.78, 5) is 42.7. The Morgan fingerprint density at radius 3 is 2.54 bits per heavy atom. The van der Waals surface area contributed by atoms with Gasteiger partial charge in [-0.3, -0.25) is 9.36 Å². The number of furan rings is 1. The molecule has 1 aliphatic heterocycles. The van der Waals surface area contributed by atoms with Crippen LogP contribution in [0.1, 0.15) is 34.6 Å². The molecule has 3 heterocycles. The molecule has 11 heteroatoms. The second kappa shape index (κ2) is 10.4. The smallest absolute Gasteiger partial charge is 0.338 e. The number of hydrogen-bond acceptors (Lipinski definition) is 8. The molecule has 0 amide bonds. The number of halogens is 1. The number of benzene rings is 2. The van der Waals surface area contributed by atoms with E-state index in [1.807, 2.05) is 0 Å². The quantitative estimate of drug-likeness (QED) is 0.351. The molecule has 9 nitrogen and oxygen atoms in total. The van der Waals surface area contributed by atoms with E-state index in [0.717, 1.165) is 11.3 Å². The molecule has 0 aliphatic carbocycles. The molecular weight excluding hydrogens is 544 g/mol. The zero-order valence-corrected chi connectivity index (χ0v) is 22.5. The minimum absolute atomic E-state index is 0.166. The summed E-state index contributed by atoms with van der Waals surface area (Å²) in [5.41, 5.74) is 1.58. The summed E-state index contributed by atoms with van der Waals surface area (Å²) in [6.07, 6.45) is 1.60. The summed E-state index contributed by atoms with van der Waals surface area (Å²) >= 11 is 7.45. The Hall–Kier alpha value is -4.41. The summed E-state index contributed by atoms with van der Waals surface area (Å²) < 4.78 is 18.3. The highest BCUT2D eigenvalue weighted by Crippen LogP contribution is 2.37. The van der Waals surface area contributed by atoms with E-state index >= 15 is 0 Å². The van der Waals surface area contributed by atoms with Gasteiger partial charge in [-0.15, -0.1) is 0 Å². The van der Waals surface area contributed by atoms with Gasteiger partial charge < -0.3 is 19.0 Å². The molecule has 0 radical (unpaired) electrons. The Morgan fingerprint density at radius 2 is 1.87 bits per heavy atom. The van der Waals surface area contributed by atoms with Crippen LogP contribution >= 0.6 is 22.9 Å². The maximum atomic E-state index is 13.8. The molecule has 1 N–H and O–H groups in total. The number of carboxylic acid groups (broad SMARTS) is 1. The third-order valence-electron chi connectivity index (χ3n) is 6.23. The van der Waals surface area contributed by atoms with Gasteiger partial charge in [-0.1, -0.05) is 35.1 Å². The second-order valence-electron chi connectivity index (χ2n) is 8.54. The van der Waals surface area contributed by atoms with Gasteiger partial charge in [0.05, 0.1) is 35.6 Å². The predicted molar refractivity (Wildman–Crippen MR) is 145 cm³/mol. The molecule has 0 spiro atoms. The molecule has 0 fully saturated rings. The van der Waals surface area contributed by atoms with Crippen LogP contribution in [0.4, 0.5) is 0 Å². The van der Waals surface area contributed by atoms with E-state index in [2.05, 4.69) is 4.99 Å². The zero-order valence-electron chi connectivity index (χ0n) is 20.9. The molecular formula is C28H21ClN2O7S. The van der Waals surface area contributed by atoms with Crippen molar-refractivity contribution in [1.29, 1.82) is 0 Å². The first kappa shape index (κ1) is 26.2. The predicted octanol–water partition coefficient (Wildman–Crippen LogP) is 4.03. The van der Waals surface area contributed by atoms with Crippen LogP contribution < -0.4 is 19.6 Å². The van der Waals surface area contributed by atoms with E-state index in [1.165, 1.54) is 30.9 Å². The lowest BCUT2D eigenvalue weighted by Gasteiger charge is -2.25. The van der Waals surface area contributed by atoms with Crippen molar-refractivity contribution in [1.82, 2.24) is 4.57 Å². The van der Waals surface area contributed by atoms with Gasteiger partial charge in [0.25, 0.3) is 5.56 Å². The van der Waals surface area contributed by atoms with Gasteiger partial charge in [-0.25, -0.2) is 14.6 Å². The van der Waals surface area contributed by atoms with Crippen molar-refractivity contribution in [2.45, 2.75) is 13.0 Å². The van der Waals surface area contributed by atoms with Crippen molar-refractivity contribution in [3.8, 4) is 17.1 Å². The van der Waals surface area contributed by atoms with Crippen LogP contribution in [0, 0.1) is 0 Å². The molecule has 0 saturated heterocycles. The molecule has 39 heavy (non-hydrogen) atoms. The lowest BCUT2D eigenvalue weighted by molar-refractivity contribution is -0.136. The highest BCUT2D eigenvalue weighted by molar-refractivity contribution is 7.07. The van der Waals surface area contributed by atoms with Gasteiger partial charge in [0.15, 0.2) is 4.80 Å². The normalized spacial score (nSPS) is 15.1. The van der Waals surface area contributed by atoms with Crippen LogP contribution in [0.5, 0.6) is 5.75 Å². The van der Waals surface area contributed by atoms with Crippen molar-refractivity contribution in [2.24, 2.45) is 4.99 Å². The summed E-state index contributed by atoms with van der Waals surface area (Å²) in [6, 6.07) is 13.8. The van der Waals surface area contributed by atoms with Crippen LogP contribution in [-0.4, -0.2) is 35.8 Å². The number of nitrogens with zero attached hydrogens (tertiary/aromatic N) is 2. The number of aromatic carboxylic acids is 1. The Morgan fingerprint density at radius 1 is 1.13 bits per heavy atom. The molecule has 5 rings (SSSR count). The molecule has 2 aromatic heterocycles. The Bertz CT molecular complexity index is 1830. The number of carbonyl (C=O) groups excluding carboxylic acids is 1. The maximum Gasteiger partial charge on any atom is 0.338 e. The molecule has 1 atom stereocenters. The SMILES string of the molecule is COC(=O)C1=C(C)N=c2s/c(=C\c3ccc(-c4ccc(C(=O)O)cc4)o3)c(=O)n2[C@H]1c1cc(Cl)ccc1OC. The van der Waals surface area contributed by atoms with Crippen LogP contribution in [0.15, 0.2) is 80.1 Å². The largest absolute Gasteiger partial charge is 0.496 e. The van der Waals surface area contributed by atoms with Crippen LogP contribution in [0.2, 0.25) is 5.02 Å². The van der Waals surface area contributed by atoms with Crippen LogP contribution in [-0.2, 0) is 9.53 Å². The fourth-order valence-corrected chi connectivity index (χ4v) is 5.60. The number of rotatable bonds is 6. The van der Waals surface area contributed by atoms with E-state index in [-0.39, 0.29) is 16.7 Å². The standard InChI is InChI=1S/C28H21ClN2O7S/c1-14-23(27(35)37-3)24(19-12-17(29)8-10-21(19)36-2)31-25(32)22(39-28(31)30-14)13-18-9-11-20(38-18)15-4-6-16(7-5-15)26(33)34/h4-13,24H,1-3H3,(H,33,34)/b22-13-/t24-/m0/s1. The van der Waals surface area contributed by atoms with E-state index in [4.69, 9.17) is 30.6 Å². The molecule has 0 saturated carbocycles. The second-order valence-corrected chi connectivity index (χ2v) is 9.99. The van der Waals surface area contributed by atoms with Gasteiger partial charge >= 0.3 is 11.9 Å². The number of hydrogen-bond donors (Lipinski definition) is 1.